The van der Waals surface area contributed by atoms with Crippen molar-refractivity contribution in [3.63, 3.8) is 0 Å². The number of carboxylic acids is 1. The summed E-state index contributed by atoms with van der Waals surface area (Å²) in [6.07, 6.45) is 0.0160. The number of aryl methyl sites for hydroxylation is 1. The van der Waals surface area contributed by atoms with Gasteiger partial charge in [-0.25, -0.2) is 0 Å². The molecule has 0 fully saturated rings. The summed E-state index contributed by atoms with van der Waals surface area (Å²) in [5.74, 6) is 0.550. The highest BCUT2D eigenvalue weighted by Crippen LogP contribution is 2.56. The van der Waals surface area contributed by atoms with Crippen LogP contribution in [0.15, 0.2) is 24.3 Å². The maximum Gasteiger partial charge on any atom is 0.304 e. The van der Waals surface area contributed by atoms with Crippen molar-refractivity contribution in [3.8, 4) is 28.4 Å². The average molecular weight is 328 g/mol. The summed E-state index contributed by atoms with van der Waals surface area (Å²) in [4.78, 5) is 11.4. The topological polar surface area (TPSA) is 65.0 Å². The zero-order chi connectivity index (χ0) is 17.4. The summed E-state index contributed by atoms with van der Waals surface area (Å²) in [5.41, 5.74) is 4.86. The predicted octanol–water partition coefficient (Wildman–Crippen LogP) is 3.61. The van der Waals surface area contributed by atoms with Crippen LogP contribution < -0.4 is 14.2 Å². The molecule has 1 N–H and O–H groups in total. The molecule has 3 rings (SSSR count). The molecule has 0 bridgehead atoms. The van der Waals surface area contributed by atoms with Gasteiger partial charge in [0.15, 0.2) is 11.5 Å². The molecule has 126 valence electrons. The van der Waals surface area contributed by atoms with Gasteiger partial charge in [-0.05, 0) is 29.7 Å². The van der Waals surface area contributed by atoms with Crippen LogP contribution in [-0.2, 0) is 4.79 Å². The van der Waals surface area contributed by atoms with Crippen molar-refractivity contribution in [1.29, 1.82) is 0 Å². The Morgan fingerprint density at radius 1 is 1.04 bits per heavy atom. The lowest BCUT2D eigenvalue weighted by molar-refractivity contribution is -0.137. The minimum atomic E-state index is -0.839. The molecule has 0 saturated carbocycles. The van der Waals surface area contributed by atoms with E-state index in [9.17, 15) is 9.90 Å². The van der Waals surface area contributed by atoms with Crippen LogP contribution in [0.5, 0.6) is 17.2 Å². The first-order valence-electron chi connectivity index (χ1n) is 7.67. The zero-order valence-electron chi connectivity index (χ0n) is 14.2. The maximum absolute atomic E-state index is 11.4. The highest BCUT2D eigenvalue weighted by atomic mass is 16.5. The molecule has 0 spiro atoms. The van der Waals surface area contributed by atoms with Gasteiger partial charge in [-0.3, -0.25) is 4.79 Å². The first-order valence-corrected chi connectivity index (χ1v) is 7.67. The smallest absolute Gasteiger partial charge is 0.304 e. The van der Waals surface area contributed by atoms with Crippen LogP contribution in [0.25, 0.3) is 11.1 Å². The van der Waals surface area contributed by atoms with Gasteiger partial charge in [0.1, 0.15) is 0 Å². The van der Waals surface area contributed by atoms with Crippen molar-refractivity contribution >= 4 is 5.97 Å². The molecule has 2 aromatic rings. The highest BCUT2D eigenvalue weighted by Gasteiger charge is 2.35. The van der Waals surface area contributed by atoms with E-state index in [0.29, 0.717) is 17.2 Å². The van der Waals surface area contributed by atoms with E-state index in [4.69, 9.17) is 14.2 Å². The zero-order valence-corrected chi connectivity index (χ0v) is 14.2. The summed E-state index contributed by atoms with van der Waals surface area (Å²) in [6.45, 7) is 2.00. The molecule has 1 atom stereocenters. The molecule has 1 unspecified atom stereocenters. The molecule has 0 aliphatic heterocycles. The third-order valence-electron chi connectivity index (χ3n) is 4.47. The molecule has 0 radical (unpaired) electrons. The van der Waals surface area contributed by atoms with E-state index in [1.54, 1.807) is 21.3 Å². The summed E-state index contributed by atoms with van der Waals surface area (Å²) in [5, 5.41) is 9.36. The van der Waals surface area contributed by atoms with E-state index in [1.807, 2.05) is 31.2 Å². The normalized spacial score (nSPS) is 14.8. The van der Waals surface area contributed by atoms with E-state index in [0.717, 1.165) is 27.8 Å². The minimum Gasteiger partial charge on any atom is -0.493 e. The number of carboxylic acid groups (broad SMARTS) is 1. The third kappa shape index (κ3) is 2.37. The lowest BCUT2D eigenvalue weighted by Gasteiger charge is -2.17. The largest absolute Gasteiger partial charge is 0.493 e. The van der Waals surface area contributed by atoms with Gasteiger partial charge < -0.3 is 19.3 Å². The number of hydrogen-bond donors (Lipinski definition) is 1. The number of rotatable bonds is 5. The highest BCUT2D eigenvalue weighted by molar-refractivity contribution is 5.89. The van der Waals surface area contributed by atoms with Gasteiger partial charge in [0.25, 0.3) is 0 Å². The van der Waals surface area contributed by atoms with Gasteiger partial charge in [0.2, 0.25) is 5.75 Å². The second-order valence-corrected chi connectivity index (χ2v) is 5.85. The van der Waals surface area contributed by atoms with Gasteiger partial charge in [0.05, 0.1) is 27.8 Å². The number of ether oxygens (including phenoxy) is 3. The Kier molecular flexibility index (Phi) is 4.09. The van der Waals surface area contributed by atoms with Crippen LogP contribution in [0, 0.1) is 6.92 Å². The summed E-state index contributed by atoms with van der Waals surface area (Å²) in [7, 11) is 4.70. The fraction of sp³-hybridized carbons (Fsp3) is 0.316. The molecule has 5 heteroatoms. The number of carbonyl (C=O) groups is 1. The van der Waals surface area contributed by atoms with Crippen LogP contribution in [0.2, 0.25) is 0 Å². The monoisotopic (exact) mass is 328 g/mol. The third-order valence-corrected chi connectivity index (χ3v) is 4.47. The van der Waals surface area contributed by atoms with Crippen molar-refractivity contribution in [1.82, 2.24) is 0 Å². The van der Waals surface area contributed by atoms with E-state index in [2.05, 4.69) is 0 Å². The molecule has 1 aliphatic carbocycles. The van der Waals surface area contributed by atoms with Gasteiger partial charge in [-0.2, -0.15) is 0 Å². The standard InChI is InChI=1S/C19H20O5/c1-10-5-6-11-12(7-10)13(9-16(20)21)14-8-15(22-2)18(23-3)19(24-4)17(11)14/h5-8,13H,9H2,1-4H3,(H,20,21). The molecule has 1 aliphatic rings. The Morgan fingerprint density at radius 2 is 1.75 bits per heavy atom. The van der Waals surface area contributed by atoms with Crippen molar-refractivity contribution in [2.45, 2.75) is 19.3 Å². The van der Waals surface area contributed by atoms with E-state index >= 15 is 0 Å². The first kappa shape index (κ1) is 16.2. The Bertz CT molecular complexity index is 810. The van der Waals surface area contributed by atoms with Gasteiger partial charge in [-0.15, -0.1) is 0 Å². The predicted molar refractivity (Wildman–Crippen MR) is 90.4 cm³/mol. The molecule has 5 nitrogen and oxygen atoms in total. The SMILES string of the molecule is COc1cc2c(c(OC)c1OC)-c1ccc(C)cc1C2CC(=O)O. The lowest BCUT2D eigenvalue weighted by atomic mass is 9.92. The number of benzene rings is 2. The van der Waals surface area contributed by atoms with Crippen LogP contribution in [0.3, 0.4) is 0 Å². The summed E-state index contributed by atoms with van der Waals surface area (Å²) >= 11 is 0. The van der Waals surface area contributed by atoms with Crippen LogP contribution in [0.4, 0.5) is 0 Å². The van der Waals surface area contributed by atoms with E-state index in [1.165, 1.54) is 0 Å². The molecule has 24 heavy (non-hydrogen) atoms. The number of aliphatic carboxylic acids is 1. The second-order valence-electron chi connectivity index (χ2n) is 5.85. The molecular formula is C19H20O5. The number of fused-ring (bicyclic) bond motifs is 3. The molecule has 2 aromatic carbocycles. The maximum atomic E-state index is 11.4. The Labute approximate surface area is 140 Å². The average Bonchev–Trinajstić information content (AvgIpc) is 2.85. The number of methoxy groups -OCH3 is 3. The Hall–Kier alpha value is -2.69. The molecular weight excluding hydrogens is 308 g/mol. The fourth-order valence-corrected chi connectivity index (χ4v) is 3.49. The van der Waals surface area contributed by atoms with Gasteiger partial charge in [-0.1, -0.05) is 23.8 Å². The van der Waals surface area contributed by atoms with Crippen molar-refractivity contribution in [3.05, 3.63) is 41.0 Å². The fourth-order valence-electron chi connectivity index (χ4n) is 3.49. The molecule has 0 heterocycles. The van der Waals surface area contributed by atoms with Crippen LogP contribution >= 0.6 is 0 Å². The van der Waals surface area contributed by atoms with Gasteiger partial charge in [0, 0.05) is 11.5 Å². The Balaban J connectivity index is 2.34. The molecule has 0 amide bonds. The van der Waals surface area contributed by atoms with Crippen molar-refractivity contribution < 1.29 is 24.1 Å². The van der Waals surface area contributed by atoms with Crippen LogP contribution in [0.1, 0.15) is 29.0 Å². The van der Waals surface area contributed by atoms with Gasteiger partial charge >= 0.3 is 5.97 Å². The van der Waals surface area contributed by atoms with Crippen molar-refractivity contribution in [2.75, 3.05) is 21.3 Å². The van der Waals surface area contributed by atoms with Crippen LogP contribution in [-0.4, -0.2) is 32.4 Å². The Morgan fingerprint density at radius 3 is 2.33 bits per heavy atom. The van der Waals surface area contributed by atoms with E-state index < -0.39 is 5.97 Å². The minimum absolute atomic E-state index is 0.0160. The summed E-state index contributed by atoms with van der Waals surface area (Å²) < 4.78 is 16.5. The molecule has 0 aromatic heterocycles. The summed E-state index contributed by atoms with van der Waals surface area (Å²) in [6, 6.07) is 7.93. The number of hydrogen-bond acceptors (Lipinski definition) is 4. The van der Waals surface area contributed by atoms with E-state index in [-0.39, 0.29) is 12.3 Å². The molecule has 0 saturated heterocycles. The second kappa shape index (κ2) is 6.07. The quantitative estimate of drug-likeness (QED) is 0.908. The van der Waals surface area contributed by atoms with Crippen molar-refractivity contribution in [2.24, 2.45) is 0 Å². The first-order chi connectivity index (χ1) is 11.5. The lowest BCUT2D eigenvalue weighted by Crippen LogP contribution is -2.06.